The van der Waals surface area contributed by atoms with Crippen LogP contribution in [0.3, 0.4) is 0 Å². The maximum atomic E-state index is 10.7. The summed E-state index contributed by atoms with van der Waals surface area (Å²) in [6.07, 6.45) is -0.0806. The van der Waals surface area contributed by atoms with Crippen LogP contribution in [0.1, 0.15) is 18.0 Å². The number of ether oxygens (including phenoxy) is 1. The number of nitrogens with one attached hydrogen (secondary N) is 1. The van der Waals surface area contributed by atoms with Crippen molar-refractivity contribution in [2.24, 2.45) is 5.73 Å². The molecule has 17 heavy (non-hydrogen) atoms. The Morgan fingerprint density at radius 1 is 1.59 bits per heavy atom. The van der Waals surface area contributed by atoms with Gasteiger partial charge >= 0.3 is 5.97 Å². The Labute approximate surface area is 101 Å². The van der Waals surface area contributed by atoms with Crippen LogP contribution < -0.4 is 15.8 Å². The Bertz CT molecular complexity index is 382. The number of methoxy groups -OCH3 is 1. The lowest BCUT2D eigenvalue weighted by molar-refractivity contribution is -0.137. The summed E-state index contributed by atoms with van der Waals surface area (Å²) in [6, 6.07) is 6.74. The number of aliphatic carboxylic acids is 1. The van der Waals surface area contributed by atoms with Gasteiger partial charge in [0, 0.05) is 12.1 Å². The molecular weight excluding hydrogens is 220 g/mol. The van der Waals surface area contributed by atoms with E-state index in [9.17, 15) is 4.79 Å². The highest BCUT2D eigenvalue weighted by Crippen LogP contribution is 2.21. The minimum Gasteiger partial charge on any atom is -0.497 e. The number of benzene rings is 1. The first kappa shape index (κ1) is 13.5. The van der Waals surface area contributed by atoms with E-state index in [1.54, 1.807) is 14.2 Å². The standard InChI is InChI=1S/C12H18N2O3/c1-14-12(10(13)7-11(15)16)8-4-3-5-9(6-8)17-2/h3-6,10,12,14H,7,13H2,1-2H3,(H,15,16). The van der Waals surface area contributed by atoms with E-state index in [1.807, 2.05) is 24.3 Å². The zero-order valence-electron chi connectivity index (χ0n) is 10.0. The number of likely N-dealkylation sites (N-methyl/N-ethyl adjacent to an activating group) is 1. The molecule has 4 N–H and O–H groups in total. The maximum absolute atomic E-state index is 10.7. The van der Waals surface area contributed by atoms with Crippen molar-refractivity contribution in [3.8, 4) is 5.75 Å². The van der Waals surface area contributed by atoms with Gasteiger partial charge in [0.1, 0.15) is 5.75 Å². The molecule has 0 amide bonds. The van der Waals surface area contributed by atoms with Crippen molar-refractivity contribution < 1.29 is 14.6 Å². The van der Waals surface area contributed by atoms with Gasteiger partial charge in [-0.2, -0.15) is 0 Å². The molecule has 0 radical (unpaired) electrons. The van der Waals surface area contributed by atoms with Crippen LogP contribution in [0, 0.1) is 0 Å². The fraction of sp³-hybridized carbons (Fsp3) is 0.417. The Kier molecular flexibility index (Phi) is 4.93. The third-order valence-electron chi connectivity index (χ3n) is 2.60. The summed E-state index contributed by atoms with van der Waals surface area (Å²) in [7, 11) is 3.34. The number of nitrogens with two attached hydrogens (primary N) is 1. The van der Waals surface area contributed by atoms with Crippen LogP contribution in [-0.2, 0) is 4.79 Å². The summed E-state index contributed by atoms with van der Waals surface area (Å²) in [5.41, 5.74) is 6.79. The van der Waals surface area contributed by atoms with E-state index in [0.717, 1.165) is 11.3 Å². The zero-order valence-corrected chi connectivity index (χ0v) is 10.0. The molecule has 1 rings (SSSR count). The first-order valence-corrected chi connectivity index (χ1v) is 5.37. The number of hydrogen-bond donors (Lipinski definition) is 3. The fourth-order valence-electron chi connectivity index (χ4n) is 1.78. The van der Waals surface area contributed by atoms with Crippen LogP contribution in [0.15, 0.2) is 24.3 Å². The van der Waals surface area contributed by atoms with Gasteiger partial charge in [0.2, 0.25) is 0 Å². The quantitative estimate of drug-likeness (QED) is 0.681. The number of carboxylic acids is 1. The van der Waals surface area contributed by atoms with Crippen LogP contribution in [0.4, 0.5) is 0 Å². The monoisotopic (exact) mass is 238 g/mol. The SMILES string of the molecule is CNC(c1cccc(OC)c1)C(N)CC(=O)O. The average Bonchev–Trinajstić information content (AvgIpc) is 2.29. The van der Waals surface area contributed by atoms with Gasteiger partial charge in [-0.15, -0.1) is 0 Å². The van der Waals surface area contributed by atoms with E-state index in [0.29, 0.717) is 0 Å². The van der Waals surface area contributed by atoms with E-state index in [1.165, 1.54) is 0 Å². The summed E-state index contributed by atoms with van der Waals surface area (Å²) in [4.78, 5) is 10.7. The molecule has 1 aromatic carbocycles. The highest BCUT2D eigenvalue weighted by molar-refractivity contribution is 5.67. The second-order valence-corrected chi connectivity index (χ2v) is 3.80. The molecule has 2 unspecified atom stereocenters. The highest BCUT2D eigenvalue weighted by Gasteiger charge is 2.20. The molecule has 0 spiro atoms. The third kappa shape index (κ3) is 3.72. The largest absolute Gasteiger partial charge is 0.497 e. The lowest BCUT2D eigenvalue weighted by atomic mass is 9.97. The molecule has 0 saturated heterocycles. The molecule has 5 heteroatoms. The predicted molar refractivity (Wildman–Crippen MR) is 65.0 cm³/mol. The van der Waals surface area contributed by atoms with Gasteiger partial charge in [0.15, 0.2) is 0 Å². The van der Waals surface area contributed by atoms with Crippen LogP contribution in [0.25, 0.3) is 0 Å². The van der Waals surface area contributed by atoms with Gasteiger partial charge < -0.3 is 20.9 Å². The van der Waals surface area contributed by atoms with Crippen molar-refractivity contribution in [2.75, 3.05) is 14.2 Å². The van der Waals surface area contributed by atoms with E-state index in [4.69, 9.17) is 15.6 Å². The molecule has 1 aromatic rings. The average molecular weight is 238 g/mol. The highest BCUT2D eigenvalue weighted by atomic mass is 16.5. The predicted octanol–water partition coefficient (Wildman–Crippen LogP) is 0.758. The van der Waals surface area contributed by atoms with Crippen molar-refractivity contribution in [1.82, 2.24) is 5.32 Å². The summed E-state index contributed by atoms with van der Waals surface area (Å²) in [5.74, 6) is -0.175. The van der Waals surface area contributed by atoms with Crippen molar-refractivity contribution in [1.29, 1.82) is 0 Å². The van der Waals surface area contributed by atoms with E-state index in [2.05, 4.69) is 5.32 Å². The Morgan fingerprint density at radius 3 is 2.82 bits per heavy atom. The molecule has 0 heterocycles. The molecule has 0 bridgehead atoms. The molecule has 0 aromatic heterocycles. The Morgan fingerprint density at radius 2 is 2.29 bits per heavy atom. The van der Waals surface area contributed by atoms with E-state index < -0.39 is 12.0 Å². The summed E-state index contributed by atoms with van der Waals surface area (Å²) in [6.45, 7) is 0. The molecule has 0 saturated carbocycles. The number of hydrogen-bond acceptors (Lipinski definition) is 4. The molecule has 0 aliphatic carbocycles. The molecule has 0 fully saturated rings. The first-order chi connectivity index (χ1) is 8.08. The smallest absolute Gasteiger partial charge is 0.304 e. The number of carboxylic acid groups (broad SMARTS) is 1. The van der Waals surface area contributed by atoms with Crippen LogP contribution in [0.2, 0.25) is 0 Å². The van der Waals surface area contributed by atoms with Crippen molar-refractivity contribution in [2.45, 2.75) is 18.5 Å². The molecule has 0 aliphatic heterocycles. The van der Waals surface area contributed by atoms with Crippen molar-refractivity contribution in [3.63, 3.8) is 0 Å². The van der Waals surface area contributed by atoms with E-state index in [-0.39, 0.29) is 12.5 Å². The van der Waals surface area contributed by atoms with Gasteiger partial charge in [-0.1, -0.05) is 12.1 Å². The maximum Gasteiger partial charge on any atom is 0.304 e. The van der Waals surface area contributed by atoms with Gasteiger partial charge in [-0.3, -0.25) is 4.79 Å². The number of carbonyl (C=O) groups is 1. The van der Waals surface area contributed by atoms with Gasteiger partial charge in [-0.05, 0) is 24.7 Å². The topological polar surface area (TPSA) is 84.6 Å². The molecule has 5 nitrogen and oxygen atoms in total. The summed E-state index contributed by atoms with van der Waals surface area (Å²) < 4.78 is 5.13. The van der Waals surface area contributed by atoms with E-state index >= 15 is 0 Å². The number of rotatable bonds is 6. The van der Waals surface area contributed by atoms with Gasteiger partial charge in [0.05, 0.1) is 13.5 Å². The lowest BCUT2D eigenvalue weighted by Crippen LogP contribution is -2.37. The minimum atomic E-state index is -0.902. The first-order valence-electron chi connectivity index (χ1n) is 5.37. The molecule has 0 aliphatic rings. The summed E-state index contributed by atoms with van der Waals surface area (Å²) in [5, 5.41) is 11.8. The fourth-order valence-corrected chi connectivity index (χ4v) is 1.78. The molecule has 2 atom stereocenters. The van der Waals surface area contributed by atoms with Gasteiger partial charge in [0.25, 0.3) is 0 Å². The van der Waals surface area contributed by atoms with Crippen molar-refractivity contribution >= 4 is 5.97 Å². The van der Waals surface area contributed by atoms with Crippen LogP contribution >= 0.6 is 0 Å². The minimum absolute atomic E-state index is 0.0806. The lowest BCUT2D eigenvalue weighted by Gasteiger charge is -2.23. The third-order valence-corrected chi connectivity index (χ3v) is 2.60. The molecular formula is C12H18N2O3. The second-order valence-electron chi connectivity index (χ2n) is 3.80. The zero-order chi connectivity index (χ0) is 12.8. The van der Waals surface area contributed by atoms with Crippen molar-refractivity contribution in [3.05, 3.63) is 29.8 Å². The summed E-state index contributed by atoms with van der Waals surface area (Å²) >= 11 is 0. The second kappa shape index (κ2) is 6.22. The Hall–Kier alpha value is -1.59. The Balaban J connectivity index is 2.88. The van der Waals surface area contributed by atoms with Crippen LogP contribution in [0.5, 0.6) is 5.75 Å². The molecule has 94 valence electrons. The van der Waals surface area contributed by atoms with Crippen LogP contribution in [-0.4, -0.2) is 31.3 Å². The normalized spacial score (nSPS) is 14.1. The van der Waals surface area contributed by atoms with Gasteiger partial charge in [-0.25, -0.2) is 0 Å².